The average Bonchev–Trinajstić information content (AvgIpc) is 3.83. The van der Waals surface area contributed by atoms with Crippen molar-refractivity contribution >= 4 is 80.5 Å². The van der Waals surface area contributed by atoms with Gasteiger partial charge in [0, 0.05) is 15.5 Å². The number of fused-ring (bicyclic) bond motifs is 10. The summed E-state index contributed by atoms with van der Waals surface area (Å²) >= 11 is 1.83. The third-order valence-corrected chi connectivity index (χ3v) is 12.7. The summed E-state index contributed by atoms with van der Waals surface area (Å²) in [7, 11) is 0. The quantitative estimate of drug-likeness (QED) is 0.165. The summed E-state index contributed by atoms with van der Waals surface area (Å²) in [6.07, 6.45) is 0. The Labute approximate surface area is 327 Å². The van der Waals surface area contributed by atoms with Gasteiger partial charge in [0.25, 0.3) is 0 Å². The molecule has 0 aliphatic carbocycles. The highest BCUT2D eigenvalue weighted by molar-refractivity contribution is 7.26. The predicted molar refractivity (Wildman–Crippen MR) is 240 cm³/mol. The van der Waals surface area contributed by atoms with Crippen LogP contribution in [-0.2, 0) is 0 Å². The summed E-state index contributed by atoms with van der Waals surface area (Å²) < 4.78 is 4.89. The van der Waals surface area contributed by atoms with Gasteiger partial charge in [0.2, 0.25) is 0 Å². The molecule has 0 bridgehead atoms. The van der Waals surface area contributed by atoms with E-state index in [9.17, 15) is 0 Å². The molecule has 0 saturated carbocycles. The first-order chi connectivity index (χ1) is 27.7. The molecule has 3 heterocycles. The first-order valence-electron chi connectivity index (χ1n) is 19.1. The third-order valence-electron chi connectivity index (χ3n) is 11.6. The van der Waals surface area contributed by atoms with Crippen molar-refractivity contribution in [2.45, 2.75) is 0 Å². The number of rotatable bonds is 4. The van der Waals surface area contributed by atoms with Gasteiger partial charge >= 0.3 is 0 Å². The Morgan fingerprint density at radius 3 is 1.59 bits per heavy atom. The molecule has 0 aliphatic rings. The zero-order chi connectivity index (χ0) is 36.7. The molecule has 0 radical (unpaired) electrons. The fourth-order valence-corrected chi connectivity index (χ4v) is 9.96. The van der Waals surface area contributed by atoms with E-state index < -0.39 is 0 Å². The molecule has 9 aromatic carbocycles. The van der Waals surface area contributed by atoms with Crippen LogP contribution in [0.4, 0.5) is 0 Å². The van der Waals surface area contributed by atoms with Gasteiger partial charge in [-0.05, 0) is 108 Å². The van der Waals surface area contributed by atoms with Crippen molar-refractivity contribution in [1.29, 1.82) is 0 Å². The van der Waals surface area contributed by atoms with Crippen LogP contribution in [0, 0.1) is 0 Å². The first-order valence-corrected chi connectivity index (χ1v) is 19.9. The van der Waals surface area contributed by atoms with Crippen molar-refractivity contribution in [3.63, 3.8) is 0 Å². The van der Waals surface area contributed by atoms with E-state index in [1.807, 2.05) is 11.3 Å². The van der Waals surface area contributed by atoms with Crippen molar-refractivity contribution in [2.24, 2.45) is 0 Å². The van der Waals surface area contributed by atoms with Gasteiger partial charge in [-0.15, -0.1) is 11.3 Å². The minimum Gasteiger partial charge on any atom is -0.291 e. The smallest absolute Gasteiger partial charge is 0.156 e. The van der Waals surface area contributed by atoms with Gasteiger partial charge in [0.15, 0.2) is 5.65 Å². The molecule has 56 heavy (non-hydrogen) atoms. The Hall–Kier alpha value is -7.07. The van der Waals surface area contributed by atoms with Crippen molar-refractivity contribution < 1.29 is 0 Å². The predicted octanol–water partition coefficient (Wildman–Crippen LogP) is 15.0. The van der Waals surface area contributed by atoms with Crippen molar-refractivity contribution in [3.05, 3.63) is 194 Å². The van der Waals surface area contributed by atoms with Crippen LogP contribution < -0.4 is 0 Å². The van der Waals surface area contributed by atoms with E-state index in [2.05, 4.69) is 199 Å². The molecule has 0 saturated heterocycles. The Bertz CT molecular complexity index is 3500. The van der Waals surface area contributed by atoms with Crippen LogP contribution >= 0.6 is 11.3 Å². The Morgan fingerprint density at radius 1 is 0.375 bits per heavy atom. The van der Waals surface area contributed by atoms with Crippen LogP contribution in [0.25, 0.3) is 114 Å². The lowest BCUT2D eigenvalue weighted by molar-refractivity contribution is 1.25. The van der Waals surface area contributed by atoms with E-state index >= 15 is 0 Å². The second kappa shape index (κ2) is 12.2. The highest BCUT2D eigenvalue weighted by Crippen LogP contribution is 2.42. The van der Waals surface area contributed by atoms with Gasteiger partial charge in [0.05, 0.1) is 21.4 Å². The number of nitrogens with zero attached hydrogens (tertiary/aromatic N) is 2. The monoisotopic (exact) mass is 728 g/mol. The maximum absolute atomic E-state index is 5.38. The standard InChI is InChI=1S/C53H32N2S/c1-2-10-33(11-3-1)34-18-20-35(21-19-34)42-26-27-43(45-15-7-6-14-44(42)45)36-22-24-37(25-23-36)49-32-47-46-16-8-9-17-51(46)56-52(47)53-54-48-30-40-28-38-12-4-5-13-39(38)29-41(40)31-50(48)55(49)53/h1-32H. The molecule has 3 aromatic heterocycles. The molecular weight excluding hydrogens is 697 g/mol. The summed E-state index contributed by atoms with van der Waals surface area (Å²) in [6, 6.07) is 71.0. The van der Waals surface area contributed by atoms with Crippen LogP contribution in [-0.4, -0.2) is 9.38 Å². The molecule has 0 spiro atoms. The Balaban J connectivity index is 1.01. The minimum absolute atomic E-state index is 1.01. The molecule has 260 valence electrons. The Morgan fingerprint density at radius 2 is 0.911 bits per heavy atom. The number of thiophene rings is 1. The summed E-state index contributed by atoms with van der Waals surface area (Å²) in [6.45, 7) is 0. The zero-order valence-electron chi connectivity index (χ0n) is 30.3. The maximum Gasteiger partial charge on any atom is 0.156 e. The molecule has 0 aliphatic heterocycles. The number of imidazole rings is 1. The molecular formula is C53H32N2S. The topological polar surface area (TPSA) is 17.3 Å². The van der Waals surface area contributed by atoms with Crippen LogP contribution in [0.1, 0.15) is 0 Å². The number of hydrogen-bond acceptors (Lipinski definition) is 2. The minimum atomic E-state index is 1.01. The van der Waals surface area contributed by atoms with Crippen molar-refractivity contribution in [3.8, 4) is 44.6 Å². The molecule has 0 amide bonds. The van der Waals surface area contributed by atoms with Gasteiger partial charge in [-0.2, -0.15) is 0 Å². The maximum atomic E-state index is 5.38. The first kappa shape index (κ1) is 31.3. The summed E-state index contributed by atoms with van der Waals surface area (Å²) in [5.41, 5.74) is 12.8. The van der Waals surface area contributed by atoms with Crippen LogP contribution in [0.2, 0.25) is 0 Å². The molecule has 12 rings (SSSR count). The van der Waals surface area contributed by atoms with E-state index in [4.69, 9.17) is 4.98 Å². The van der Waals surface area contributed by atoms with Crippen molar-refractivity contribution in [1.82, 2.24) is 9.38 Å². The van der Waals surface area contributed by atoms with E-state index in [1.165, 1.54) is 85.9 Å². The van der Waals surface area contributed by atoms with Gasteiger partial charge in [0.1, 0.15) is 0 Å². The van der Waals surface area contributed by atoms with E-state index in [0.717, 1.165) is 27.9 Å². The molecule has 0 unspecified atom stereocenters. The average molecular weight is 729 g/mol. The molecule has 12 aromatic rings. The fourth-order valence-electron chi connectivity index (χ4n) is 8.80. The van der Waals surface area contributed by atoms with Crippen LogP contribution in [0.15, 0.2) is 194 Å². The Kier molecular flexibility index (Phi) is 6.83. The van der Waals surface area contributed by atoms with Crippen LogP contribution in [0.5, 0.6) is 0 Å². The van der Waals surface area contributed by atoms with Gasteiger partial charge < -0.3 is 0 Å². The third kappa shape index (κ3) is 4.85. The molecule has 0 atom stereocenters. The SMILES string of the molecule is c1ccc(-c2ccc(-c3ccc(-c4ccc(-c5cc6c7ccccc7sc6c6nc7cc8cc9ccccc9cc8cc7n56)cc4)c4ccccc34)cc2)cc1. The highest BCUT2D eigenvalue weighted by atomic mass is 32.1. The van der Waals surface area contributed by atoms with Gasteiger partial charge in [-0.1, -0.05) is 158 Å². The highest BCUT2D eigenvalue weighted by Gasteiger charge is 2.19. The summed E-state index contributed by atoms with van der Waals surface area (Å²) in [5, 5.41) is 9.95. The van der Waals surface area contributed by atoms with E-state index in [1.54, 1.807) is 0 Å². The van der Waals surface area contributed by atoms with E-state index in [-0.39, 0.29) is 0 Å². The second-order valence-corrected chi connectivity index (χ2v) is 15.8. The van der Waals surface area contributed by atoms with Gasteiger partial charge in [-0.25, -0.2) is 4.98 Å². The summed E-state index contributed by atoms with van der Waals surface area (Å²) in [5.74, 6) is 0. The van der Waals surface area contributed by atoms with Gasteiger partial charge in [-0.3, -0.25) is 4.40 Å². The molecule has 0 N–H and O–H groups in total. The molecule has 3 heteroatoms. The van der Waals surface area contributed by atoms with E-state index in [0.29, 0.717) is 0 Å². The fraction of sp³-hybridized carbons (Fsp3) is 0. The largest absolute Gasteiger partial charge is 0.291 e. The lowest BCUT2D eigenvalue weighted by atomic mass is 9.91. The normalized spacial score (nSPS) is 11.9. The van der Waals surface area contributed by atoms with Crippen LogP contribution in [0.3, 0.4) is 0 Å². The number of pyridine rings is 1. The molecule has 2 nitrogen and oxygen atoms in total. The van der Waals surface area contributed by atoms with Crippen molar-refractivity contribution in [2.75, 3.05) is 0 Å². The lowest BCUT2D eigenvalue weighted by Gasteiger charge is -2.14. The molecule has 0 fully saturated rings. The second-order valence-electron chi connectivity index (χ2n) is 14.8. The lowest BCUT2D eigenvalue weighted by Crippen LogP contribution is -1.93. The number of benzene rings is 9. The number of aromatic nitrogens is 2. The summed E-state index contributed by atoms with van der Waals surface area (Å²) in [4.78, 5) is 5.38. The number of hydrogen-bond donors (Lipinski definition) is 0. The zero-order valence-corrected chi connectivity index (χ0v) is 31.1.